The Balaban J connectivity index is 1.62. The van der Waals surface area contributed by atoms with Crippen LogP contribution in [0.4, 0.5) is 4.39 Å². The first-order valence-corrected chi connectivity index (χ1v) is 10.1. The average molecular weight is 385 g/mol. The molecule has 2 unspecified atom stereocenters. The van der Waals surface area contributed by atoms with Crippen molar-refractivity contribution in [2.75, 3.05) is 39.3 Å². The van der Waals surface area contributed by atoms with E-state index in [0.29, 0.717) is 31.7 Å². The Kier molecular flexibility index (Phi) is 5.61. The number of amides is 1. The van der Waals surface area contributed by atoms with Gasteiger partial charge >= 0.3 is 0 Å². The number of nitrogens with zero attached hydrogens (tertiary/aromatic N) is 3. The molecule has 2 aliphatic rings. The van der Waals surface area contributed by atoms with Gasteiger partial charge in [0.1, 0.15) is 5.82 Å². The number of carbonyl (C=O) groups is 1. The molecule has 0 N–H and O–H groups in total. The maximum Gasteiger partial charge on any atom is 0.282 e. The molecule has 0 radical (unpaired) electrons. The first-order chi connectivity index (χ1) is 12.3. The van der Waals surface area contributed by atoms with Gasteiger partial charge in [-0.05, 0) is 38.1 Å². The molecule has 2 heterocycles. The minimum atomic E-state index is -3.57. The highest BCUT2D eigenvalue weighted by atomic mass is 32.2. The average Bonchev–Trinajstić information content (AvgIpc) is 2.61. The van der Waals surface area contributed by atoms with E-state index in [-0.39, 0.29) is 31.2 Å². The summed E-state index contributed by atoms with van der Waals surface area (Å²) < 4.78 is 47.2. The summed E-state index contributed by atoms with van der Waals surface area (Å²) in [6.45, 7) is 5.50. The van der Waals surface area contributed by atoms with Gasteiger partial charge in [0.25, 0.3) is 16.1 Å². The fourth-order valence-corrected chi connectivity index (χ4v) is 5.13. The van der Waals surface area contributed by atoms with Crippen LogP contribution in [-0.2, 0) is 14.9 Å². The van der Waals surface area contributed by atoms with E-state index in [4.69, 9.17) is 4.74 Å². The molecule has 144 valence electrons. The molecule has 0 saturated carbocycles. The molecule has 1 aromatic rings. The van der Waals surface area contributed by atoms with Crippen LogP contribution in [0.2, 0.25) is 0 Å². The number of rotatable bonds is 3. The highest BCUT2D eigenvalue weighted by Crippen LogP contribution is 2.19. The monoisotopic (exact) mass is 385 g/mol. The van der Waals surface area contributed by atoms with Gasteiger partial charge in [0.05, 0.1) is 12.2 Å². The minimum absolute atomic E-state index is 0.144. The standard InChI is InChI=1S/C17H24FN3O4S/c1-13-11-21(12-14(2)25-13)26(23,24)20-9-7-19(8-10-20)17(22)15-3-5-16(18)6-4-15/h3-6,13-14H,7-12H2,1-2H3. The fourth-order valence-electron chi connectivity index (χ4n) is 3.38. The molecule has 0 spiro atoms. The molecule has 2 atom stereocenters. The van der Waals surface area contributed by atoms with Crippen molar-refractivity contribution < 1.29 is 22.3 Å². The van der Waals surface area contributed by atoms with Gasteiger partial charge < -0.3 is 9.64 Å². The maximum absolute atomic E-state index is 13.0. The van der Waals surface area contributed by atoms with E-state index in [1.54, 1.807) is 4.90 Å². The lowest BCUT2D eigenvalue weighted by molar-refractivity contribution is -0.0457. The first kappa shape index (κ1) is 19.2. The normalized spacial score (nSPS) is 26.0. The second-order valence-electron chi connectivity index (χ2n) is 6.78. The molecule has 26 heavy (non-hydrogen) atoms. The summed E-state index contributed by atoms with van der Waals surface area (Å²) in [6.07, 6.45) is -0.287. The Labute approximate surface area is 153 Å². The molecule has 9 heteroatoms. The van der Waals surface area contributed by atoms with Crippen molar-refractivity contribution >= 4 is 16.1 Å². The smallest absolute Gasteiger partial charge is 0.282 e. The van der Waals surface area contributed by atoms with Crippen LogP contribution in [0, 0.1) is 5.82 Å². The number of hydrogen-bond donors (Lipinski definition) is 0. The zero-order chi connectivity index (χ0) is 18.9. The van der Waals surface area contributed by atoms with E-state index in [0.717, 1.165) is 0 Å². The van der Waals surface area contributed by atoms with Crippen molar-refractivity contribution in [1.82, 2.24) is 13.5 Å². The van der Waals surface area contributed by atoms with Crippen molar-refractivity contribution in [1.29, 1.82) is 0 Å². The molecule has 2 saturated heterocycles. The molecule has 3 rings (SSSR count). The number of halogens is 1. The second kappa shape index (κ2) is 7.59. The SMILES string of the molecule is CC1CN(S(=O)(=O)N2CCN(C(=O)c3ccc(F)cc3)CC2)CC(C)O1. The summed E-state index contributed by atoms with van der Waals surface area (Å²) in [4.78, 5) is 14.1. The summed E-state index contributed by atoms with van der Waals surface area (Å²) in [7, 11) is -3.57. The molecule has 0 bridgehead atoms. The molecule has 1 amide bonds. The van der Waals surface area contributed by atoms with Crippen LogP contribution < -0.4 is 0 Å². The van der Waals surface area contributed by atoms with E-state index in [1.807, 2.05) is 13.8 Å². The lowest BCUT2D eigenvalue weighted by atomic mass is 10.2. The van der Waals surface area contributed by atoms with Crippen molar-refractivity contribution in [3.05, 3.63) is 35.6 Å². The van der Waals surface area contributed by atoms with E-state index >= 15 is 0 Å². The molecule has 0 aromatic heterocycles. The quantitative estimate of drug-likeness (QED) is 0.776. The van der Waals surface area contributed by atoms with E-state index < -0.39 is 16.0 Å². The molecule has 7 nitrogen and oxygen atoms in total. The first-order valence-electron chi connectivity index (χ1n) is 8.73. The van der Waals surface area contributed by atoms with Crippen LogP contribution in [0.5, 0.6) is 0 Å². The Morgan fingerprint density at radius 3 is 2.08 bits per heavy atom. The number of piperazine rings is 1. The lowest BCUT2D eigenvalue weighted by Gasteiger charge is -2.40. The van der Waals surface area contributed by atoms with Crippen LogP contribution in [0.3, 0.4) is 0 Å². The van der Waals surface area contributed by atoms with Crippen molar-refractivity contribution in [2.24, 2.45) is 0 Å². The Morgan fingerprint density at radius 2 is 1.54 bits per heavy atom. The summed E-state index contributed by atoms with van der Waals surface area (Å²) in [6, 6.07) is 5.37. The van der Waals surface area contributed by atoms with Gasteiger partial charge in [-0.25, -0.2) is 4.39 Å². The van der Waals surface area contributed by atoms with E-state index in [1.165, 1.54) is 32.9 Å². The van der Waals surface area contributed by atoms with Gasteiger partial charge in [0, 0.05) is 44.8 Å². The lowest BCUT2D eigenvalue weighted by Crippen LogP contribution is -2.57. The molecule has 0 aliphatic carbocycles. The van der Waals surface area contributed by atoms with Crippen molar-refractivity contribution in [3.8, 4) is 0 Å². The van der Waals surface area contributed by atoms with E-state index in [9.17, 15) is 17.6 Å². The third-order valence-electron chi connectivity index (χ3n) is 4.66. The number of benzene rings is 1. The number of hydrogen-bond acceptors (Lipinski definition) is 4. The van der Waals surface area contributed by atoms with Crippen LogP contribution >= 0.6 is 0 Å². The highest BCUT2D eigenvalue weighted by molar-refractivity contribution is 7.86. The summed E-state index contributed by atoms with van der Waals surface area (Å²) in [5.74, 6) is -0.609. The fraction of sp³-hybridized carbons (Fsp3) is 0.588. The third kappa shape index (κ3) is 4.06. The Hall–Kier alpha value is -1.55. The second-order valence-corrected chi connectivity index (χ2v) is 8.71. The molecular formula is C17H24FN3O4S. The van der Waals surface area contributed by atoms with Crippen LogP contribution in [0.15, 0.2) is 24.3 Å². The molecule has 2 aliphatic heterocycles. The number of carbonyl (C=O) groups excluding carboxylic acids is 1. The van der Waals surface area contributed by atoms with Gasteiger partial charge in [-0.1, -0.05) is 0 Å². The number of ether oxygens (including phenoxy) is 1. The topological polar surface area (TPSA) is 70.2 Å². The maximum atomic E-state index is 13.0. The molecular weight excluding hydrogens is 361 g/mol. The van der Waals surface area contributed by atoms with Crippen molar-refractivity contribution in [3.63, 3.8) is 0 Å². The van der Waals surface area contributed by atoms with Crippen LogP contribution in [0.1, 0.15) is 24.2 Å². The summed E-state index contributed by atoms with van der Waals surface area (Å²) in [5, 5.41) is 0. The van der Waals surface area contributed by atoms with Gasteiger partial charge in [0.2, 0.25) is 0 Å². The third-order valence-corrected chi connectivity index (χ3v) is 6.62. The summed E-state index contributed by atoms with van der Waals surface area (Å²) in [5.41, 5.74) is 0.401. The van der Waals surface area contributed by atoms with Crippen LogP contribution in [-0.4, -0.2) is 79.3 Å². The zero-order valence-electron chi connectivity index (χ0n) is 15.0. The molecule has 1 aromatic carbocycles. The van der Waals surface area contributed by atoms with Crippen molar-refractivity contribution in [2.45, 2.75) is 26.1 Å². The Morgan fingerprint density at radius 1 is 1.00 bits per heavy atom. The van der Waals surface area contributed by atoms with Gasteiger partial charge in [-0.3, -0.25) is 4.79 Å². The van der Waals surface area contributed by atoms with Gasteiger partial charge in [-0.15, -0.1) is 0 Å². The zero-order valence-corrected chi connectivity index (χ0v) is 15.8. The van der Waals surface area contributed by atoms with E-state index in [2.05, 4.69) is 0 Å². The van der Waals surface area contributed by atoms with Crippen LogP contribution in [0.25, 0.3) is 0 Å². The van der Waals surface area contributed by atoms with Gasteiger partial charge in [-0.2, -0.15) is 17.0 Å². The molecule has 2 fully saturated rings. The number of morpholine rings is 1. The van der Waals surface area contributed by atoms with Gasteiger partial charge in [0.15, 0.2) is 0 Å². The highest BCUT2D eigenvalue weighted by Gasteiger charge is 2.37. The largest absolute Gasteiger partial charge is 0.373 e. The minimum Gasteiger partial charge on any atom is -0.373 e. The predicted octanol–water partition coefficient (Wildman–Crippen LogP) is 0.938. The predicted molar refractivity (Wildman–Crippen MR) is 94.4 cm³/mol. The Bertz CT molecular complexity index is 738. The summed E-state index contributed by atoms with van der Waals surface area (Å²) >= 11 is 0.